The van der Waals surface area contributed by atoms with Crippen LogP contribution in [0.2, 0.25) is 5.15 Å². The van der Waals surface area contributed by atoms with E-state index >= 15 is 0 Å². The summed E-state index contributed by atoms with van der Waals surface area (Å²) in [6.07, 6.45) is 2.83. The van der Waals surface area contributed by atoms with Crippen LogP contribution in [0.3, 0.4) is 0 Å². The van der Waals surface area contributed by atoms with E-state index in [1.54, 1.807) is 0 Å². The Balaban J connectivity index is 2.75. The first-order chi connectivity index (χ1) is 7.19. The van der Waals surface area contributed by atoms with Gasteiger partial charge < -0.3 is 15.2 Å². The standard InChI is InChI=1S/C8H10ClN3O3/c1-15-8(14)5(4-13)12-7-6(9)10-2-3-11-7/h2-3,5,13H,4H2,1H3,(H,11,12). The quantitative estimate of drug-likeness (QED) is 0.714. The summed E-state index contributed by atoms with van der Waals surface area (Å²) < 4.78 is 4.46. The van der Waals surface area contributed by atoms with Crippen LogP contribution in [0.4, 0.5) is 5.82 Å². The van der Waals surface area contributed by atoms with E-state index in [4.69, 9.17) is 16.7 Å². The van der Waals surface area contributed by atoms with E-state index < -0.39 is 18.6 Å². The minimum absolute atomic E-state index is 0.125. The van der Waals surface area contributed by atoms with Crippen LogP contribution >= 0.6 is 11.6 Å². The second-order valence-corrected chi connectivity index (χ2v) is 2.96. The average Bonchev–Trinajstić information content (AvgIpc) is 2.27. The van der Waals surface area contributed by atoms with Gasteiger partial charge in [-0.2, -0.15) is 0 Å². The number of hydrogen-bond acceptors (Lipinski definition) is 6. The first kappa shape index (κ1) is 11.7. The van der Waals surface area contributed by atoms with E-state index in [0.29, 0.717) is 0 Å². The number of ether oxygens (including phenoxy) is 1. The maximum atomic E-state index is 11.1. The van der Waals surface area contributed by atoms with Crippen LogP contribution in [0.25, 0.3) is 0 Å². The van der Waals surface area contributed by atoms with Crippen molar-refractivity contribution in [2.24, 2.45) is 0 Å². The second kappa shape index (κ2) is 5.47. The molecule has 7 heteroatoms. The van der Waals surface area contributed by atoms with Gasteiger partial charge in [0.2, 0.25) is 0 Å². The Bertz CT molecular complexity index is 348. The summed E-state index contributed by atoms with van der Waals surface area (Å²) in [6.45, 7) is -0.417. The number of methoxy groups -OCH3 is 1. The molecule has 0 aromatic carbocycles. The Morgan fingerprint density at radius 1 is 1.67 bits per heavy atom. The fraction of sp³-hybridized carbons (Fsp3) is 0.375. The zero-order chi connectivity index (χ0) is 11.3. The second-order valence-electron chi connectivity index (χ2n) is 2.60. The monoisotopic (exact) mass is 231 g/mol. The normalized spacial score (nSPS) is 11.9. The van der Waals surface area contributed by atoms with E-state index in [1.807, 2.05) is 0 Å². The summed E-state index contributed by atoms with van der Waals surface area (Å²) in [5.41, 5.74) is 0. The number of nitrogens with one attached hydrogen (secondary N) is 1. The lowest BCUT2D eigenvalue weighted by Crippen LogP contribution is -2.34. The van der Waals surface area contributed by atoms with Gasteiger partial charge in [0, 0.05) is 12.4 Å². The predicted octanol–water partition coefficient (Wildman–Crippen LogP) is 0.0758. The predicted molar refractivity (Wildman–Crippen MR) is 53.6 cm³/mol. The number of anilines is 1. The zero-order valence-electron chi connectivity index (χ0n) is 7.98. The number of aliphatic hydroxyl groups is 1. The molecule has 0 radical (unpaired) electrons. The van der Waals surface area contributed by atoms with Crippen LogP contribution in [0.5, 0.6) is 0 Å². The highest BCUT2D eigenvalue weighted by atomic mass is 35.5. The molecule has 2 N–H and O–H groups in total. The molecule has 15 heavy (non-hydrogen) atoms. The van der Waals surface area contributed by atoms with E-state index in [-0.39, 0.29) is 11.0 Å². The maximum Gasteiger partial charge on any atom is 0.330 e. The molecule has 0 spiro atoms. The van der Waals surface area contributed by atoms with Crippen LogP contribution in [-0.4, -0.2) is 40.8 Å². The molecule has 0 amide bonds. The highest BCUT2D eigenvalue weighted by Crippen LogP contribution is 2.15. The highest BCUT2D eigenvalue weighted by Gasteiger charge is 2.19. The first-order valence-corrected chi connectivity index (χ1v) is 4.48. The number of nitrogens with zero attached hydrogens (tertiary/aromatic N) is 2. The molecule has 1 atom stereocenters. The molecule has 1 rings (SSSR count). The minimum atomic E-state index is -0.899. The van der Waals surface area contributed by atoms with Crippen LogP contribution in [0.15, 0.2) is 12.4 Å². The van der Waals surface area contributed by atoms with Crippen molar-refractivity contribution in [3.63, 3.8) is 0 Å². The van der Waals surface area contributed by atoms with Gasteiger partial charge in [-0.1, -0.05) is 11.6 Å². The van der Waals surface area contributed by atoms with Gasteiger partial charge in [0.15, 0.2) is 11.0 Å². The molecule has 6 nitrogen and oxygen atoms in total. The Morgan fingerprint density at radius 2 is 2.33 bits per heavy atom. The zero-order valence-corrected chi connectivity index (χ0v) is 8.73. The van der Waals surface area contributed by atoms with Gasteiger partial charge in [-0.3, -0.25) is 0 Å². The Hall–Kier alpha value is -1.40. The van der Waals surface area contributed by atoms with Gasteiger partial charge in [0.25, 0.3) is 0 Å². The van der Waals surface area contributed by atoms with Crippen molar-refractivity contribution in [2.45, 2.75) is 6.04 Å². The lowest BCUT2D eigenvalue weighted by Gasteiger charge is -2.14. The Kier molecular flexibility index (Phi) is 4.26. The van der Waals surface area contributed by atoms with E-state index in [0.717, 1.165) is 0 Å². The lowest BCUT2D eigenvalue weighted by molar-refractivity contribution is -0.142. The first-order valence-electron chi connectivity index (χ1n) is 4.10. The molecule has 1 unspecified atom stereocenters. The maximum absolute atomic E-state index is 11.1. The third-order valence-electron chi connectivity index (χ3n) is 1.63. The number of aliphatic hydroxyl groups excluding tert-OH is 1. The summed E-state index contributed by atoms with van der Waals surface area (Å²) in [7, 11) is 1.23. The third-order valence-corrected chi connectivity index (χ3v) is 1.91. The fourth-order valence-corrected chi connectivity index (χ4v) is 1.06. The topological polar surface area (TPSA) is 84.3 Å². The number of carbonyl (C=O) groups excluding carboxylic acids is 1. The summed E-state index contributed by atoms with van der Waals surface area (Å²) >= 11 is 5.70. The molecule has 0 aliphatic heterocycles. The van der Waals surface area contributed by atoms with Crippen molar-refractivity contribution in [3.05, 3.63) is 17.5 Å². The van der Waals surface area contributed by atoms with E-state index in [1.165, 1.54) is 19.5 Å². The largest absolute Gasteiger partial charge is 0.467 e. The van der Waals surface area contributed by atoms with Crippen LogP contribution in [0, 0.1) is 0 Å². The molecular formula is C8H10ClN3O3. The van der Waals surface area contributed by atoms with E-state index in [2.05, 4.69) is 20.0 Å². The summed E-state index contributed by atoms with van der Waals surface area (Å²) in [5.74, 6) is -0.372. The van der Waals surface area contributed by atoms with E-state index in [9.17, 15) is 4.79 Å². The van der Waals surface area contributed by atoms with Gasteiger partial charge in [0.05, 0.1) is 13.7 Å². The summed E-state index contributed by atoms with van der Waals surface area (Å²) in [4.78, 5) is 18.7. The fourth-order valence-electron chi connectivity index (χ4n) is 0.904. The molecule has 82 valence electrons. The van der Waals surface area contributed by atoms with Crippen LogP contribution in [-0.2, 0) is 9.53 Å². The average molecular weight is 232 g/mol. The van der Waals surface area contributed by atoms with Crippen LogP contribution in [0.1, 0.15) is 0 Å². The number of halogens is 1. The van der Waals surface area contributed by atoms with Crippen molar-refractivity contribution >= 4 is 23.4 Å². The summed E-state index contributed by atoms with van der Waals surface area (Å²) in [5, 5.41) is 11.7. The van der Waals surface area contributed by atoms with Gasteiger partial charge in [-0.15, -0.1) is 0 Å². The van der Waals surface area contributed by atoms with Gasteiger partial charge >= 0.3 is 5.97 Å². The number of rotatable bonds is 4. The smallest absolute Gasteiger partial charge is 0.330 e. The molecule has 1 aromatic rings. The molecule has 1 heterocycles. The number of hydrogen-bond donors (Lipinski definition) is 2. The van der Waals surface area contributed by atoms with Crippen molar-refractivity contribution in [3.8, 4) is 0 Å². The molecule has 0 saturated carbocycles. The molecular weight excluding hydrogens is 222 g/mol. The number of aromatic nitrogens is 2. The van der Waals surface area contributed by atoms with Gasteiger partial charge in [0.1, 0.15) is 6.04 Å². The Morgan fingerprint density at radius 3 is 2.87 bits per heavy atom. The van der Waals surface area contributed by atoms with Crippen molar-refractivity contribution in [1.82, 2.24) is 9.97 Å². The summed E-state index contributed by atoms with van der Waals surface area (Å²) in [6, 6.07) is -0.899. The SMILES string of the molecule is COC(=O)C(CO)Nc1nccnc1Cl. The van der Waals surface area contributed by atoms with Gasteiger partial charge in [-0.05, 0) is 0 Å². The number of esters is 1. The van der Waals surface area contributed by atoms with Crippen molar-refractivity contribution in [1.29, 1.82) is 0 Å². The molecule has 0 fully saturated rings. The molecule has 1 aromatic heterocycles. The highest BCUT2D eigenvalue weighted by molar-refractivity contribution is 6.31. The molecule has 0 bridgehead atoms. The minimum Gasteiger partial charge on any atom is -0.467 e. The molecule has 0 aliphatic carbocycles. The Labute approximate surface area is 91.3 Å². The molecule has 0 aliphatic rings. The van der Waals surface area contributed by atoms with Gasteiger partial charge in [-0.25, -0.2) is 14.8 Å². The van der Waals surface area contributed by atoms with Crippen molar-refractivity contribution in [2.75, 3.05) is 19.0 Å². The lowest BCUT2D eigenvalue weighted by atomic mass is 10.3. The number of carbonyl (C=O) groups is 1. The molecule has 0 saturated heterocycles. The van der Waals surface area contributed by atoms with Crippen molar-refractivity contribution < 1.29 is 14.6 Å². The van der Waals surface area contributed by atoms with Crippen LogP contribution < -0.4 is 5.32 Å². The third kappa shape index (κ3) is 3.03.